The van der Waals surface area contributed by atoms with Crippen LogP contribution in [-0.4, -0.2) is 43.3 Å². The Balaban J connectivity index is 1.22. The number of ketones is 1. The molecule has 0 atom stereocenters. The van der Waals surface area contributed by atoms with Gasteiger partial charge >= 0.3 is 0 Å². The van der Waals surface area contributed by atoms with Crippen molar-refractivity contribution in [1.29, 1.82) is 0 Å². The lowest BCUT2D eigenvalue weighted by atomic mass is 9.89. The molecule has 0 spiro atoms. The summed E-state index contributed by atoms with van der Waals surface area (Å²) in [5.41, 5.74) is 3.76. The second-order valence-corrected chi connectivity index (χ2v) is 9.79. The molecule has 6 heteroatoms. The van der Waals surface area contributed by atoms with Crippen LogP contribution in [0.5, 0.6) is 5.75 Å². The Morgan fingerprint density at radius 2 is 1.75 bits per heavy atom. The molecule has 0 bridgehead atoms. The summed E-state index contributed by atoms with van der Waals surface area (Å²) in [6, 6.07) is 22.9. The highest BCUT2D eigenvalue weighted by atomic mass is 35.5. The molecular weight excluding hydrogens is 472 g/mol. The molecule has 1 N–H and O–H groups in total. The summed E-state index contributed by atoms with van der Waals surface area (Å²) in [6.07, 6.45) is 3.87. The number of amides is 1. The van der Waals surface area contributed by atoms with E-state index in [4.69, 9.17) is 16.3 Å². The second-order valence-electron chi connectivity index (χ2n) is 9.35. The smallest absolute Gasteiger partial charge is 0.228 e. The van der Waals surface area contributed by atoms with Crippen molar-refractivity contribution in [1.82, 2.24) is 4.90 Å². The van der Waals surface area contributed by atoms with Crippen LogP contribution in [0.15, 0.2) is 72.8 Å². The molecular formula is C30H33ClN2O3. The zero-order valence-electron chi connectivity index (χ0n) is 20.7. The molecule has 1 heterocycles. The summed E-state index contributed by atoms with van der Waals surface area (Å²) in [5.74, 6) is 1.36. The third-order valence-corrected chi connectivity index (χ3v) is 7.02. The third-order valence-electron chi connectivity index (χ3n) is 6.77. The second kappa shape index (κ2) is 12.7. The third kappa shape index (κ3) is 7.42. The molecule has 0 aromatic heterocycles. The van der Waals surface area contributed by atoms with Gasteiger partial charge in [0.1, 0.15) is 5.75 Å². The van der Waals surface area contributed by atoms with E-state index >= 15 is 0 Å². The minimum atomic E-state index is -0.0385. The van der Waals surface area contributed by atoms with E-state index in [1.807, 2.05) is 36.4 Å². The Hall–Kier alpha value is -3.15. The Morgan fingerprint density at radius 1 is 1.00 bits per heavy atom. The molecule has 3 aromatic carbocycles. The number of methoxy groups -OCH3 is 1. The quantitative estimate of drug-likeness (QED) is 0.326. The molecule has 4 rings (SSSR count). The standard InChI is InChI=1S/C30H33ClN2O3/c1-36-28-8-2-5-22(19-28)20-30(35)32-27-7-3-6-25(21-27)23-14-17-33(18-15-23)16-4-9-29(34)24-10-12-26(31)13-11-24/h2-3,5-8,10-13,19,21,23H,4,9,14-18,20H2,1H3,(H,32,35). The maximum absolute atomic E-state index is 12.6. The lowest BCUT2D eigenvalue weighted by Crippen LogP contribution is -2.33. The van der Waals surface area contributed by atoms with E-state index in [1.54, 1.807) is 31.4 Å². The molecule has 0 unspecified atom stereocenters. The van der Waals surface area contributed by atoms with Gasteiger partial charge in [0.25, 0.3) is 0 Å². The summed E-state index contributed by atoms with van der Waals surface area (Å²) in [7, 11) is 1.62. The van der Waals surface area contributed by atoms with Crippen LogP contribution in [0.25, 0.3) is 0 Å². The SMILES string of the molecule is COc1cccc(CC(=O)Nc2cccc(C3CCN(CCCC(=O)c4ccc(Cl)cc4)CC3)c2)c1. The number of nitrogens with one attached hydrogen (secondary N) is 1. The van der Waals surface area contributed by atoms with Gasteiger partial charge in [-0.05, 0) is 104 Å². The predicted molar refractivity (Wildman–Crippen MR) is 145 cm³/mol. The van der Waals surface area contributed by atoms with E-state index in [2.05, 4.69) is 22.3 Å². The van der Waals surface area contributed by atoms with Crippen LogP contribution in [0.3, 0.4) is 0 Å². The fourth-order valence-corrected chi connectivity index (χ4v) is 4.90. The zero-order valence-corrected chi connectivity index (χ0v) is 21.5. The zero-order chi connectivity index (χ0) is 25.3. The van der Waals surface area contributed by atoms with Crippen molar-refractivity contribution < 1.29 is 14.3 Å². The number of carbonyl (C=O) groups excluding carboxylic acids is 2. The van der Waals surface area contributed by atoms with Crippen molar-refractivity contribution in [3.63, 3.8) is 0 Å². The molecule has 1 amide bonds. The van der Waals surface area contributed by atoms with Crippen molar-refractivity contribution in [2.45, 2.75) is 38.0 Å². The van der Waals surface area contributed by atoms with Crippen LogP contribution in [0.4, 0.5) is 5.69 Å². The maximum Gasteiger partial charge on any atom is 0.228 e. The predicted octanol–water partition coefficient (Wildman–Crippen LogP) is 6.37. The molecule has 1 saturated heterocycles. The Morgan fingerprint density at radius 3 is 2.50 bits per heavy atom. The Labute approximate surface area is 218 Å². The molecule has 1 aliphatic heterocycles. The molecule has 1 fully saturated rings. The van der Waals surface area contributed by atoms with Crippen molar-refractivity contribution in [3.8, 4) is 5.75 Å². The minimum Gasteiger partial charge on any atom is -0.497 e. The number of rotatable bonds is 10. The van der Waals surface area contributed by atoms with Gasteiger partial charge in [0.15, 0.2) is 5.78 Å². The van der Waals surface area contributed by atoms with Crippen LogP contribution in [0, 0.1) is 0 Å². The van der Waals surface area contributed by atoms with Crippen LogP contribution in [0.1, 0.15) is 53.1 Å². The highest BCUT2D eigenvalue weighted by Gasteiger charge is 2.21. The highest BCUT2D eigenvalue weighted by molar-refractivity contribution is 6.30. The molecule has 3 aromatic rings. The van der Waals surface area contributed by atoms with Crippen LogP contribution >= 0.6 is 11.6 Å². The van der Waals surface area contributed by atoms with E-state index < -0.39 is 0 Å². The number of hydrogen-bond acceptors (Lipinski definition) is 4. The molecule has 5 nitrogen and oxygen atoms in total. The molecule has 188 valence electrons. The topological polar surface area (TPSA) is 58.6 Å². The largest absolute Gasteiger partial charge is 0.497 e. The van der Waals surface area contributed by atoms with Gasteiger partial charge < -0.3 is 15.0 Å². The van der Waals surface area contributed by atoms with Crippen LogP contribution in [-0.2, 0) is 11.2 Å². The highest BCUT2D eigenvalue weighted by Crippen LogP contribution is 2.30. The minimum absolute atomic E-state index is 0.0385. The van der Waals surface area contributed by atoms with E-state index in [-0.39, 0.29) is 11.7 Å². The summed E-state index contributed by atoms with van der Waals surface area (Å²) >= 11 is 5.91. The van der Waals surface area contributed by atoms with Crippen LogP contribution in [0.2, 0.25) is 5.02 Å². The molecule has 0 saturated carbocycles. The summed E-state index contributed by atoms with van der Waals surface area (Å²) in [4.78, 5) is 27.4. The monoisotopic (exact) mass is 504 g/mol. The van der Waals surface area contributed by atoms with Crippen molar-refractivity contribution in [2.75, 3.05) is 32.1 Å². The van der Waals surface area contributed by atoms with Gasteiger partial charge in [0, 0.05) is 22.7 Å². The van der Waals surface area contributed by atoms with Crippen molar-refractivity contribution >= 4 is 29.0 Å². The van der Waals surface area contributed by atoms with E-state index in [0.717, 1.165) is 61.5 Å². The maximum atomic E-state index is 12.6. The number of halogens is 1. The first-order chi connectivity index (χ1) is 17.5. The van der Waals surface area contributed by atoms with Crippen molar-refractivity contribution in [3.05, 3.63) is 94.5 Å². The van der Waals surface area contributed by atoms with Gasteiger partial charge in [-0.15, -0.1) is 0 Å². The normalized spacial score (nSPS) is 14.4. The summed E-state index contributed by atoms with van der Waals surface area (Å²) in [6.45, 7) is 2.98. The number of Topliss-reactive ketones (excluding diaryl/α,β-unsaturated/α-hetero) is 1. The van der Waals surface area contributed by atoms with E-state index in [0.29, 0.717) is 23.8 Å². The van der Waals surface area contributed by atoms with Gasteiger partial charge in [-0.3, -0.25) is 9.59 Å². The lowest BCUT2D eigenvalue weighted by Gasteiger charge is -2.32. The molecule has 36 heavy (non-hydrogen) atoms. The van der Waals surface area contributed by atoms with Crippen molar-refractivity contribution in [2.24, 2.45) is 0 Å². The van der Waals surface area contributed by atoms with Gasteiger partial charge in [-0.25, -0.2) is 0 Å². The number of hydrogen-bond donors (Lipinski definition) is 1. The van der Waals surface area contributed by atoms with Gasteiger partial charge in [0.2, 0.25) is 5.91 Å². The fraction of sp³-hybridized carbons (Fsp3) is 0.333. The van der Waals surface area contributed by atoms with Gasteiger partial charge in [-0.1, -0.05) is 35.9 Å². The number of ether oxygens (including phenoxy) is 1. The fourth-order valence-electron chi connectivity index (χ4n) is 4.78. The summed E-state index contributed by atoms with van der Waals surface area (Å²) in [5, 5.41) is 3.69. The number of nitrogens with zero attached hydrogens (tertiary/aromatic N) is 1. The number of anilines is 1. The van der Waals surface area contributed by atoms with E-state index in [9.17, 15) is 9.59 Å². The average molecular weight is 505 g/mol. The number of piperidine rings is 1. The van der Waals surface area contributed by atoms with Gasteiger partial charge in [0.05, 0.1) is 13.5 Å². The van der Waals surface area contributed by atoms with E-state index in [1.165, 1.54) is 5.56 Å². The summed E-state index contributed by atoms with van der Waals surface area (Å²) < 4.78 is 5.24. The lowest BCUT2D eigenvalue weighted by molar-refractivity contribution is -0.115. The van der Waals surface area contributed by atoms with Crippen LogP contribution < -0.4 is 10.1 Å². The Kier molecular flexibility index (Phi) is 9.15. The molecule has 1 aliphatic rings. The first-order valence-corrected chi connectivity index (χ1v) is 12.9. The Bertz CT molecular complexity index is 1170. The first-order valence-electron chi connectivity index (χ1n) is 12.5. The average Bonchev–Trinajstić information content (AvgIpc) is 2.89. The molecule has 0 aliphatic carbocycles. The first kappa shape index (κ1) is 25.9. The number of likely N-dealkylation sites (tertiary alicyclic amines) is 1. The number of benzene rings is 3. The van der Waals surface area contributed by atoms with Gasteiger partial charge in [-0.2, -0.15) is 0 Å². The molecule has 0 radical (unpaired) electrons. The number of carbonyl (C=O) groups is 2.